The van der Waals surface area contributed by atoms with Crippen molar-refractivity contribution in [3.8, 4) is 12.1 Å². The summed E-state index contributed by atoms with van der Waals surface area (Å²) in [6.07, 6.45) is 13.3. The smallest absolute Gasteiger partial charge is 0.407 e. The lowest BCUT2D eigenvalue weighted by Gasteiger charge is -2.41. The van der Waals surface area contributed by atoms with Crippen LogP contribution in [0, 0.1) is 33.5 Å². The minimum atomic E-state index is -0.528. The van der Waals surface area contributed by atoms with Crippen LogP contribution in [-0.4, -0.2) is 88.3 Å². The molecule has 2 aromatic heterocycles. The predicted molar refractivity (Wildman–Crippen MR) is 206 cm³/mol. The number of carbonyl (C=O) groups excluding carboxylic acids is 3. The van der Waals surface area contributed by atoms with Crippen LogP contribution in [0.1, 0.15) is 94.4 Å². The Labute approximate surface area is 327 Å². The molecule has 0 unspecified atom stereocenters. The van der Waals surface area contributed by atoms with E-state index in [0.29, 0.717) is 29.1 Å². The summed E-state index contributed by atoms with van der Waals surface area (Å²) in [6, 6.07) is 8.12. The molecule has 2 aromatic rings. The molecule has 3 aliphatic heterocycles. The van der Waals surface area contributed by atoms with E-state index in [1.807, 2.05) is 26.8 Å². The Kier molecular flexibility index (Phi) is 9.40. The molecule has 1 amide bonds. The summed E-state index contributed by atoms with van der Waals surface area (Å²) in [7, 11) is 0. The molecule has 1 N–H and O–H groups in total. The molecule has 0 radical (unpaired) electrons. The van der Waals surface area contributed by atoms with E-state index in [-0.39, 0.29) is 41.6 Å². The number of halogens is 1. The zero-order valence-corrected chi connectivity index (χ0v) is 32.6. The second kappa shape index (κ2) is 14.0. The predicted octanol–water partition coefficient (Wildman–Crippen LogP) is 6.00. The first-order chi connectivity index (χ1) is 26.3. The standard InChI is InChI=1S/C25H31N5O3.C17H16ClN3O/c1-24(2,3)33-23(32)28-17-14-30(15-17)21-11-18-16(13-27-21)10-20(31)19(12-26)22(18)29-8-6-25(4-5-25)7-9-29;18-15-8-12-11(10-20-15)7-14(22)13(9-19)16(12)21-5-3-17(1-2-17)4-6-21/h11,13,17H,4-10,14-15H2,1-3H3,(H,28,32);8,10H,1-7H2. The summed E-state index contributed by atoms with van der Waals surface area (Å²) in [6.45, 7) is 10.4. The fourth-order valence-electron chi connectivity index (χ4n) is 8.76. The van der Waals surface area contributed by atoms with Gasteiger partial charge in [-0.3, -0.25) is 9.59 Å². The molecule has 0 aromatic carbocycles. The second-order valence-corrected chi connectivity index (χ2v) is 17.8. The van der Waals surface area contributed by atoms with Gasteiger partial charge < -0.3 is 24.8 Å². The van der Waals surface area contributed by atoms with Crippen molar-refractivity contribution in [1.29, 1.82) is 10.5 Å². The van der Waals surface area contributed by atoms with Gasteiger partial charge in [0, 0.05) is 75.6 Å². The van der Waals surface area contributed by atoms with Gasteiger partial charge in [-0.2, -0.15) is 10.5 Å². The molecule has 5 heterocycles. The molecule has 12 nitrogen and oxygen atoms in total. The Bertz CT molecular complexity index is 2090. The highest BCUT2D eigenvalue weighted by Crippen LogP contribution is 2.55. The number of carbonyl (C=O) groups is 3. The van der Waals surface area contributed by atoms with E-state index in [1.54, 1.807) is 18.5 Å². The van der Waals surface area contributed by atoms with Crippen LogP contribution >= 0.6 is 11.6 Å². The number of nitriles is 2. The number of allylic oxidation sites excluding steroid dienone is 2. The quantitative estimate of drug-likeness (QED) is 0.365. The molecule has 7 aliphatic rings. The third-order valence-electron chi connectivity index (χ3n) is 12.5. The SMILES string of the molecule is CC(C)(C)OC(=O)NC1CN(c2cc3c(cn2)CC(=O)C(C#N)=C3N2CCC3(CC2)CC3)C1.N#CC1=C(N2CCC3(CC2)CC3)c2cc(Cl)ncc2CC1=O. The molecule has 0 bridgehead atoms. The number of pyridine rings is 2. The van der Waals surface area contributed by atoms with Gasteiger partial charge in [-0.1, -0.05) is 11.6 Å². The number of amides is 1. The Morgan fingerprint density at radius 1 is 0.782 bits per heavy atom. The lowest BCUT2D eigenvalue weighted by atomic mass is 9.86. The first-order valence-corrected chi connectivity index (χ1v) is 19.9. The lowest BCUT2D eigenvalue weighted by Crippen LogP contribution is -2.60. The van der Waals surface area contributed by atoms with Crippen LogP contribution in [0.4, 0.5) is 10.6 Å². The molecule has 4 aliphatic carbocycles. The van der Waals surface area contributed by atoms with E-state index in [1.165, 1.54) is 25.7 Å². The van der Waals surface area contributed by atoms with E-state index < -0.39 is 11.7 Å². The molecule has 0 atom stereocenters. The van der Waals surface area contributed by atoms with Crippen LogP contribution in [0.3, 0.4) is 0 Å². The minimum absolute atomic E-state index is 0.000711. The molecule has 3 saturated heterocycles. The number of alkyl carbamates (subject to hydrolysis) is 1. The highest BCUT2D eigenvalue weighted by atomic mass is 35.5. The molecule has 2 saturated carbocycles. The average molecular weight is 763 g/mol. The van der Waals surface area contributed by atoms with E-state index >= 15 is 0 Å². The maximum Gasteiger partial charge on any atom is 0.407 e. The number of aromatic nitrogens is 2. The number of nitrogens with zero attached hydrogens (tertiary/aromatic N) is 7. The third-order valence-corrected chi connectivity index (χ3v) is 12.7. The minimum Gasteiger partial charge on any atom is -0.444 e. The summed E-state index contributed by atoms with van der Waals surface area (Å²) in [5.41, 5.74) is 6.27. The highest BCUT2D eigenvalue weighted by Gasteiger charge is 2.47. The van der Waals surface area contributed by atoms with Gasteiger partial charge in [0.15, 0.2) is 11.6 Å². The molecule has 2 spiro atoms. The summed E-state index contributed by atoms with van der Waals surface area (Å²) < 4.78 is 5.34. The molecule has 5 fully saturated rings. The summed E-state index contributed by atoms with van der Waals surface area (Å²) in [4.78, 5) is 52.2. The van der Waals surface area contributed by atoms with Crippen molar-refractivity contribution in [2.45, 2.75) is 96.6 Å². The number of rotatable bonds is 4. The average Bonchev–Trinajstić information content (AvgIpc) is 4.07. The zero-order chi connectivity index (χ0) is 38.7. The van der Waals surface area contributed by atoms with Gasteiger partial charge in [0.2, 0.25) is 0 Å². The largest absolute Gasteiger partial charge is 0.444 e. The van der Waals surface area contributed by atoms with Crippen molar-refractivity contribution >= 4 is 46.5 Å². The highest BCUT2D eigenvalue weighted by molar-refractivity contribution is 6.29. The van der Waals surface area contributed by atoms with Gasteiger partial charge in [0.25, 0.3) is 0 Å². The third kappa shape index (κ3) is 7.54. The van der Waals surface area contributed by atoms with Crippen LogP contribution in [0.25, 0.3) is 11.4 Å². The van der Waals surface area contributed by atoms with Crippen LogP contribution < -0.4 is 10.2 Å². The first-order valence-electron chi connectivity index (χ1n) is 19.5. The number of hydrogen-bond acceptors (Lipinski definition) is 11. The number of nitrogens with one attached hydrogen (secondary N) is 1. The van der Waals surface area contributed by atoms with E-state index in [2.05, 4.69) is 42.1 Å². The van der Waals surface area contributed by atoms with Gasteiger partial charge in [-0.25, -0.2) is 14.8 Å². The van der Waals surface area contributed by atoms with Gasteiger partial charge >= 0.3 is 6.09 Å². The fraction of sp³-hybridized carbons (Fsp3) is 0.548. The first kappa shape index (κ1) is 37.0. The van der Waals surface area contributed by atoms with Crippen LogP contribution in [-0.2, 0) is 27.2 Å². The summed E-state index contributed by atoms with van der Waals surface area (Å²) >= 11 is 6.04. The van der Waals surface area contributed by atoms with Crippen LogP contribution in [0.15, 0.2) is 35.7 Å². The number of anilines is 1. The van der Waals surface area contributed by atoms with Gasteiger partial charge in [0.1, 0.15) is 39.9 Å². The molecule has 13 heteroatoms. The van der Waals surface area contributed by atoms with Crippen molar-refractivity contribution in [3.05, 3.63) is 63.1 Å². The van der Waals surface area contributed by atoms with E-state index in [0.717, 1.165) is 91.3 Å². The number of Topliss-reactive ketones (excluding diaryl/α,β-unsaturated/α-hetero) is 2. The number of likely N-dealkylation sites (tertiary alicyclic amines) is 2. The van der Waals surface area contributed by atoms with Gasteiger partial charge in [0.05, 0.1) is 17.4 Å². The number of hydrogen-bond donors (Lipinski definition) is 1. The number of fused-ring (bicyclic) bond motifs is 2. The maximum absolute atomic E-state index is 12.7. The Morgan fingerprint density at radius 2 is 1.25 bits per heavy atom. The monoisotopic (exact) mass is 762 g/mol. The number of ether oxygens (including phenoxy) is 1. The summed E-state index contributed by atoms with van der Waals surface area (Å²) in [5, 5.41) is 22.6. The summed E-state index contributed by atoms with van der Waals surface area (Å²) in [5.74, 6) is 0.573. The molecule has 9 rings (SSSR count). The second-order valence-electron chi connectivity index (χ2n) is 17.5. The zero-order valence-electron chi connectivity index (χ0n) is 31.8. The van der Waals surface area contributed by atoms with Crippen molar-refractivity contribution in [1.82, 2.24) is 25.1 Å². The van der Waals surface area contributed by atoms with Crippen molar-refractivity contribution in [3.63, 3.8) is 0 Å². The maximum atomic E-state index is 12.7. The van der Waals surface area contributed by atoms with Gasteiger partial charge in [-0.05, 0) is 106 Å². The van der Waals surface area contributed by atoms with Gasteiger partial charge in [-0.15, -0.1) is 0 Å². The van der Waals surface area contributed by atoms with Crippen molar-refractivity contribution in [2.75, 3.05) is 44.2 Å². The molecule has 286 valence electrons. The molecular formula is C42H47ClN8O4. The normalized spacial score (nSPS) is 22.2. The van der Waals surface area contributed by atoms with E-state index in [4.69, 9.17) is 16.3 Å². The Balaban J connectivity index is 0.000000168. The fourth-order valence-corrected chi connectivity index (χ4v) is 8.92. The number of piperidine rings is 2. The van der Waals surface area contributed by atoms with Crippen molar-refractivity contribution < 1.29 is 19.1 Å². The molecule has 55 heavy (non-hydrogen) atoms. The van der Waals surface area contributed by atoms with Crippen LogP contribution in [0.5, 0.6) is 0 Å². The van der Waals surface area contributed by atoms with E-state index in [9.17, 15) is 24.9 Å². The number of ketones is 2. The Hall–Kier alpha value is -4.94. The molecular weight excluding hydrogens is 716 g/mol. The lowest BCUT2D eigenvalue weighted by molar-refractivity contribution is -0.115. The Morgan fingerprint density at radius 3 is 1.71 bits per heavy atom. The van der Waals surface area contributed by atoms with Crippen LogP contribution in [0.2, 0.25) is 5.15 Å². The van der Waals surface area contributed by atoms with Crippen molar-refractivity contribution in [2.24, 2.45) is 10.8 Å². The topological polar surface area (TPSA) is 156 Å².